The molecular weight excluding hydrogens is 909 g/mol. The molecule has 4 aliphatic carbocycles. The van der Waals surface area contributed by atoms with Crippen LogP contribution in [0, 0.1) is 23.2 Å². The highest BCUT2D eigenvalue weighted by molar-refractivity contribution is 7.22. The number of aromatic carboxylic acids is 1. The number of carbonyl (C=O) groups excluding carboxylic acids is 2. The zero-order chi connectivity index (χ0) is 49.6. The third-order valence-electron chi connectivity index (χ3n) is 14.7. The normalized spacial score (nSPS) is 24.1. The van der Waals surface area contributed by atoms with Gasteiger partial charge < -0.3 is 35.2 Å². The molecule has 17 heteroatoms. The minimum Gasteiger partial charge on any atom is -0.481 e. The highest BCUT2D eigenvalue weighted by atomic mass is 32.1. The van der Waals surface area contributed by atoms with Gasteiger partial charge in [-0.2, -0.15) is 5.10 Å². The van der Waals surface area contributed by atoms with Crippen molar-refractivity contribution in [3.05, 3.63) is 88.9 Å². The van der Waals surface area contributed by atoms with Crippen LogP contribution >= 0.6 is 11.3 Å². The summed E-state index contributed by atoms with van der Waals surface area (Å²) < 4.78 is 15.4. The van der Waals surface area contributed by atoms with Gasteiger partial charge in [0, 0.05) is 67.7 Å². The Morgan fingerprint density at radius 3 is 2.40 bits per heavy atom. The standard InChI is InChI=1S/C53H66N8O8S/c1-33-38(36-14-15-42(58-45(36)47(66)67)60-20-17-34-10-9-11-37(39(34)25-60)46(65)59-48-57-40-12-7-8-13-41(40)70-48)24-56-61(33)32-52-27-50(5)26-51(6,28-52)30-53(29-50,31-52)68-21-19-54-23-35(22-43(62)63)55-18-16-44(64)69-49(2,3)4/h7-15,24,35,54-55H,16-23,25-32H2,1-6H3,(H,62,63)(H,66,67)(H,57,59,65)/t35-,50?,51?,52?,53?/m0/s1. The predicted octanol–water partition coefficient (Wildman–Crippen LogP) is 8.27. The number of aromatic nitrogens is 4. The van der Waals surface area contributed by atoms with Gasteiger partial charge >= 0.3 is 17.9 Å². The van der Waals surface area contributed by atoms with E-state index >= 15 is 0 Å². The summed E-state index contributed by atoms with van der Waals surface area (Å²) in [5.74, 6) is -2.07. The third-order valence-corrected chi connectivity index (χ3v) is 15.6. The van der Waals surface area contributed by atoms with Gasteiger partial charge in [-0.15, -0.1) is 0 Å². The molecule has 1 amide bonds. The second-order valence-electron chi connectivity index (χ2n) is 22.2. The van der Waals surface area contributed by atoms with Crippen molar-refractivity contribution in [1.29, 1.82) is 0 Å². The number of fused-ring (bicyclic) bond motifs is 2. The average molecular weight is 975 g/mol. The molecule has 2 unspecified atom stereocenters. The molecule has 2 aromatic carbocycles. The van der Waals surface area contributed by atoms with Gasteiger partial charge in [-0.05, 0) is 130 Å². The first-order valence-corrected chi connectivity index (χ1v) is 25.3. The quantitative estimate of drug-likeness (QED) is 0.0390. The molecule has 5 aliphatic rings. The number of benzene rings is 2. The molecule has 1 aliphatic heterocycles. The van der Waals surface area contributed by atoms with Crippen LogP contribution in [0.2, 0.25) is 0 Å². The molecule has 372 valence electrons. The fraction of sp³-hybridized carbons (Fsp3) is 0.528. The molecule has 5 aromatic rings. The molecule has 4 fully saturated rings. The number of carboxylic acid groups (broad SMARTS) is 2. The van der Waals surface area contributed by atoms with Crippen molar-refractivity contribution in [2.75, 3.05) is 43.0 Å². The summed E-state index contributed by atoms with van der Waals surface area (Å²) in [4.78, 5) is 62.0. The van der Waals surface area contributed by atoms with Crippen molar-refractivity contribution in [3.8, 4) is 11.1 Å². The Bertz CT molecular complexity index is 2760. The van der Waals surface area contributed by atoms with Crippen molar-refractivity contribution in [2.45, 2.75) is 130 Å². The summed E-state index contributed by atoms with van der Waals surface area (Å²) in [5.41, 5.74) is 4.65. The number of hydrogen-bond donors (Lipinski definition) is 5. The Morgan fingerprint density at radius 1 is 0.900 bits per heavy atom. The van der Waals surface area contributed by atoms with E-state index in [0.29, 0.717) is 74.4 Å². The van der Waals surface area contributed by atoms with Gasteiger partial charge in [0.2, 0.25) is 0 Å². The average Bonchev–Trinajstić information content (AvgIpc) is 3.84. The van der Waals surface area contributed by atoms with E-state index in [1.54, 1.807) is 6.20 Å². The summed E-state index contributed by atoms with van der Waals surface area (Å²) in [6.07, 6.45) is 8.63. The van der Waals surface area contributed by atoms with E-state index in [9.17, 15) is 29.4 Å². The van der Waals surface area contributed by atoms with Crippen molar-refractivity contribution in [1.82, 2.24) is 30.4 Å². The molecule has 3 atom stereocenters. The van der Waals surface area contributed by atoms with Crippen LogP contribution in [0.15, 0.2) is 60.8 Å². The number of nitrogens with zero attached hydrogens (tertiary/aromatic N) is 5. The SMILES string of the molecule is Cc1c(-c2ccc(N3CCc4cccc(C(=O)Nc5nc6ccccc6s5)c4C3)nc2C(=O)O)cnn1CC12CC3(C)CC(C)(C1)CC(OCCNC[C@H](CC(=O)O)NCCC(=O)OC(C)(C)C)(C3)C2. The highest BCUT2D eigenvalue weighted by Crippen LogP contribution is 2.72. The smallest absolute Gasteiger partial charge is 0.355 e. The lowest BCUT2D eigenvalue weighted by molar-refractivity contribution is -0.247. The van der Waals surface area contributed by atoms with Crippen LogP contribution in [-0.4, -0.2) is 104 Å². The summed E-state index contributed by atoms with van der Waals surface area (Å²) in [6, 6.07) is 16.9. The van der Waals surface area contributed by atoms with Crippen LogP contribution in [0.4, 0.5) is 10.9 Å². The minimum atomic E-state index is -1.13. The molecule has 0 saturated heterocycles. The molecule has 16 nitrogen and oxygen atoms in total. The summed E-state index contributed by atoms with van der Waals surface area (Å²) in [5, 5.41) is 35.3. The number of para-hydroxylation sites is 1. The zero-order valence-corrected chi connectivity index (χ0v) is 42.0. The van der Waals surface area contributed by atoms with Gasteiger partial charge in [-0.3, -0.25) is 24.4 Å². The number of carbonyl (C=O) groups is 4. The summed E-state index contributed by atoms with van der Waals surface area (Å²) in [7, 11) is 0. The van der Waals surface area contributed by atoms with Crippen LogP contribution in [0.3, 0.4) is 0 Å². The number of esters is 1. The maximum atomic E-state index is 13.7. The molecule has 10 rings (SSSR count). The fourth-order valence-corrected chi connectivity index (χ4v) is 14.1. The molecule has 4 bridgehead atoms. The number of rotatable bonds is 19. The van der Waals surface area contributed by atoms with Gasteiger partial charge in [0.05, 0.1) is 41.5 Å². The number of hydrogen-bond acceptors (Lipinski definition) is 13. The van der Waals surface area contributed by atoms with Crippen LogP contribution in [0.25, 0.3) is 21.3 Å². The first-order valence-electron chi connectivity index (χ1n) is 24.5. The number of aliphatic carboxylic acids is 1. The topological polar surface area (TPSA) is 210 Å². The van der Waals surface area contributed by atoms with Crippen molar-refractivity contribution in [3.63, 3.8) is 0 Å². The second-order valence-corrected chi connectivity index (χ2v) is 23.3. The van der Waals surface area contributed by atoms with E-state index < -0.39 is 17.5 Å². The Kier molecular flexibility index (Phi) is 13.4. The molecule has 4 heterocycles. The largest absolute Gasteiger partial charge is 0.481 e. The van der Waals surface area contributed by atoms with Crippen LogP contribution in [-0.2, 0) is 38.6 Å². The van der Waals surface area contributed by atoms with E-state index in [1.807, 2.05) is 87.2 Å². The molecular formula is C53H66N8O8S. The van der Waals surface area contributed by atoms with Crippen LogP contribution < -0.4 is 20.9 Å². The lowest BCUT2D eigenvalue weighted by Gasteiger charge is -2.69. The lowest BCUT2D eigenvalue weighted by atomic mass is 9.39. The third kappa shape index (κ3) is 10.8. The number of ether oxygens (including phenoxy) is 2. The maximum Gasteiger partial charge on any atom is 0.355 e. The summed E-state index contributed by atoms with van der Waals surface area (Å²) in [6.45, 7) is 15.8. The monoisotopic (exact) mass is 974 g/mol. The molecule has 5 N–H and O–H groups in total. The van der Waals surface area contributed by atoms with E-state index in [4.69, 9.17) is 19.6 Å². The highest BCUT2D eigenvalue weighted by Gasteiger charge is 2.66. The number of nitrogens with one attached hydrogen (secondary N) is 3. The zero-order valence-electron chi connectivity index (χ0n) is 41.2. The van der Waals surface area contributed by atoms with E-state index in [1.165, 1.54) is 11.3 Å². The fourth-order valence-electron chi connectivity index (χ4n) is 13.2. The second kappa shape index (κ2) is 19.1. The maximum absolute atomic E-state index is 13.7. The Labute approximate surface area is 412 Å². The number of anilines is 2. The summed E-state index contributed by atoms with van der Waals surface area (Å²) >= 11 is 1.43. The van der Waals surface area contributed by atoms with Crippen molar-refractivity contribution < 1.29 is 38.9 Å². The number of pyridine rings is 1. The first kappa shape index (κ1) is 49.2. The van der Waals surface area contributed by atoms with Gasteiger partial charge in [0.1, 0.15) is 11.4 Å². The van der Waals surface area contributed by atoms with Gasteiger partial charge in [0.15, 0.2) is 10.8 Å². The van der Waals surface area contributed by atoms with Crippen LogP contribution in [0.1, 0.15) is 124 Å². The van der Waals surface area contributed by atoms with E-state index in [2.05, 4.69) is 39.5 Å². The molecule has 0 radical (unpaired) electrons. The minimum absolute atomic E-state index is 0.0468. The molecule has 70 heavy (non-hydrogen) atoms. The Hall–Kier alpha value is -5.75. The van der Waals surface area contributed by atoms with Gasteiger partial charge in [-0.25, -0.2) is 14.8 Å². The Balaban J connectivity index is 0.859. The number of amides is 1. The van der Waals surface area contributed by atoms with Crippen molar-refractivity contribution >= 4 is 56.3 Å². The van der Waals surface area contributed by atoms with Crippen LogP contribution in [0.5, 0.6) is 0 Å². The van der Waals surface area contributed by atoms with Gasteiger partial charge in [-0.1, -0.05) is 49.4 Å². The molecule has 0 spiro atoms. The first-order chi connectivity index (χ1) is 33.2. The predicted molar refractivity (Wildman–Crippen MR) is 268 cm³/mol. The van der Waals surface area contributed by atoms with Crippen molar-refractivity contribution in [2.24, 2.45) is 16.2 Å². The lowest BCUT2D eigenvalue weighted by Crippen LogP contribution is -2.64. The number of carboxylic acids is 2. The van der Waals surface area contributed by atoms with E-state index in [-0.39, 0.29) is 58.3 Å². The molecule has 4 saturated carbocycles. The Morgan fingerprint density at radius 2 is 1.67 bits per heavy atom. The van der Waals surface area contributed by atoms with Gasteiger partial charge in [0.25, 0.3) is 5.91 Å². The van der Waals surface area contributed by atoms with E-state index in [0.717, 1.165) is 71.1 Å². The molecule has 3 aromatic heterocycles. The number of thiazole rings is 1.